The van der Waals surface area contributed by atoms with Crippen LogP contribution in [0, 0.1) is 6.92 Å². The van der Waals surface area contributed by atoms with Crippen LogP contribution < -0.4 is 15.9 Å². The molecule has 5 aromatic rings. The van der Waals surface area contributed by atoms with Crippen molar-refractivity contribution in [2.45, 2.75) is 13.5 Å². The highest BCUT2D eigenvalue weighted by atomic mass is 16.6. The molecule has 1 amide bonds. The van der Waals surface area contributed by atoms with Crippen LogP contribution in [0.4, 0.5) is 5.82 Å². The molecule has 2 heterocycles. The molecule has 0 aliphatic heterocycles. The number of carbonyl (C=O) groups is 1. The van der Waals surface area contributed by atoms with Gasteiger partial charge in [-0.15, -0.1) is 5.10 Å². The normalized spacial score (nSPS) is 11.1. The number of benzene rings is 3. The van der Waals surface area contributed by atoms with Gasteiger partial charge >= 0.3 is 0 Å². The molecule has 37 heavy (non-hydrogen) atoms. The second-order valence-electron chi connectivity index (χ2n) is 8.08. The molecule has 3 aromatic carbocycles. The van der Waals surface area contributed by atoms with E-state index in [4.69, 9.17) is 15.1 Å². The molecule has 0 atom stereocenters. The molecule has 11 nitrogen and oxygen atoms in total. The highest BCUT2D eigenvalue weighted by molar-refractivity contribution is 5.98. The number of aromatic nitrogens is 5. The van der Waals surface area contributed by atoms with Crippen LogP contribution in [0.2, 0.25) is 0 Å². The van der Waals surface area contributed by atoms with Crippen molar-refractivity contribution in [3.8, 4) is 22.8 Å². The van der Waals surface area contributed by atoms with Gasteiger partial charge in [0.25, 0.3) is 5.91 Å². The summed E-state index contributed by atoms with van der Waals surface area (Å²) in [5, 5.41) is 19.5. The number of nitrogens with zero attached hydrogens (tertiary/aromatic N) is 6. The molecule has 0 saturated carbocycles. The zero-order chi connectivity index (χ0) is 25.6. The van der Waals surface area contributed by atoms with Crippen LogP contribution in [-0.2, 0) is 6.61 Å². The number of hydrazone groups is 1. The summed E-state index contributed by atoms with van der Waals surface area (Å²) < 4.78 is 11.8. The van der Waals surface area contributed by atoms with E-state index < -0.39 is 5.91 Å². The minimum atomic E-state index is -0.559. The molecule has 0 aliphatic carbocycles. The summed E-state index contributed by atoms with van der Waals surface area (Å²) in [6.45, 7) is 2.44. The lowest BCUT2D eigenvalue weighted by molar-refractivity contribution is 0.0950. The van der Waals surface area contributed by atoms with Gasteiger partial charge in [-0.2, -0.15) is 9.78 Å². The van der Waals surface area contributed by atoms with Crippen molar-refractivity contribution in [1.82, 2.24) is 30.7 Å². The zero-order valence-corrected chi connectivity index (χ0v) is 19.8. The lowest BCUT2D eigenvalue weighted by Crippen LogP contribution is -2.19. The van der Waals surface area contributed by atoms with Crippen molar-refractivity contribution < 1.29 is 14.2 Å². The smallest absolute Gasteiger partial charge is 0.294 e. The Kier molecular flexibility index (Phi) is 6.66. The zero-order valence-electron chi connectivity index (χ0n) is 19.8. The van der Waals surface area contributed by atoms with Gasteiger partial charge in [0, 0.05) is 5.56 Å². The fourth-order valence-corrected chi connectivity index (χ4v) is 3.50. The maximum Gasteiger partial charge on any atom is 0.294 e. The number of aryl methyl sites for hydroxylation is 1. The highest BCUT2D eigenvalue weighted by Crippen LogP contribution is 2.26. The van der Waals surface area contributed by atoms with Crippen molar-refractivity contribution in [2.75, 3.05) is 5.73 Å². The Morgan fingerprint density at radius 2 is 1.81 bits per heavy atom. The monoisotopic (exact) mass is 494 g/mol. The number of ether oxygens (including phenoxy) is 1. The van der Waals surface area contributed by atoms with E-state index in [1.165, 1.54) is 10.9 Å². The number of anilines is 1. The molecule has 0 fully saturated rings. The molecule has 2 aromatic heterocycles. The van der Waals surface area contributed by atoms with E-state index in [2.05, 4.69) is 31.2 Å². The molecule has 11 heteroatoms. The van der Waals surface area contributed by atoms with Crippen LogP contribution in [-0.4, -0.2) is 37.4 Å². The van der Waals surface area contributed by atoms with E-state index in [9.17, 15) is 4.79 Å². The van der Waals surface area contributed by atoms with E-state index in [0.717, 1.165) is 22.4 Å². The molecule has 0 aliphatic rings. The number of amides is 1. The van der Waals surface area contributed by atoms with Crippen LogP contribution in [0.15, 0.2) is 88.6 Å². The lowest BCUT2D eigenvalue weighted by Gasteiger charge is -2.06. The topological polar surface area (TPSA) is 146 Å². The van der Waals surface area contributed by atoms with Gasteiger partial charge in [0.2, 0.25) is 11.6 Å². The molecule has 3 N–H and O–H groups in total. The largest absolute Gasteiger partial charge is 0.489 e. The Balaban J connectivity index is 1.30. The van der Waals surface area contributed by atoms with Gasteiger partial charge in [0.05, 0.1) is 6.21 Å². The van der Waals surface area contributed by atoms with E-state index in [0.29, 0.717) is 17.9 Å². The SMILES string of the molecule is Cc1ccc(-c2c(C(=O)NN=Cc3ccc(OCc4ccccc4)cc3)nnn2-c2nonc2N)cc1. The highest BCUT2D eigenvalue weighted by Gasteiger charge is 2.25. The van der Waals surface area contributed by atoms with Crippen LogP contribution >= 0.6 is 0 Å². The molecular weight excluding hydrogens is 472 g/mol. The molecule has 0 unspecified atom stereocenters. The van der Waals surface area contributed by atoms with Crippen LogP contribution in [0.5, 0.6) is 5.75 Å². The molecule has 184 valence electrons. The molecule has 0 saturated heterocycles. The van der Waals surface area contributed by atoms with E-state index in [1.54, 1.807) is 0 Å². The Morgan fingerprint density at radius 1 is 1.05 bits per heavy atom. The lowest BCUT2D eigenvalue weighted by atomic mass is 10.1. The standard InChI is InChI=1S/C26H22N8O3/c1-17-7-11-20(12-8-17)23-22(29-33-34(23)25-24(27)31-37-32-25)26(35)30-28-15-18-9-13-21(14-10-18)36-16-19-5-3-2-4-6-19/h2-15H,16H2,1H3,(H2,27,31)(H,30,35). The fourth-order valence-electron chi connectivity index (χ4n) is 3.50. The molecule has 0 spiro atoms. The maximum atomic E-state index is 13.0. The van der Waals surface area contributed by atoms with Crippen LogP contribution in [0.1, 0.15) is 27.2 Å². The molecule has 0 bridgehead atoms. The van der Waals surface area contributed by atoms with Crippen LogP contribution in [0.25, 0.3) is 17.1 Å². The van der Waals surface area contributed by atoms with Gasteiger partial charge in [-0.05, 0) is 52.6 Å². The molecule has 5 rings (SSSR count). The summed E-state index contributed by atoms with van der Waals surface area (Å²) in [4.78, 5) is 13.0. The number of rotatable bonds is 8. The number of nitrogen functional groups attached to an aromatic ring is 1. The number of nitrogens with one attached hydrogen (secondary N) is 1. The van der Waals surface area contributed by atoms with Gasteiger partial charge in [0.1, 0.15) is 18.1 Å². The van der Waals surface area contributed by atoms with Crippen molar-refractivity contribution >= 4 is 17.9 Å². The van der Waals surface area contributed by atoms with E-state index in [-0.39, 0.29) is 17.3 Å². The molecule has 0 radical (unpaired) electrons. The summed E-state index contributed by atoms with van der Waals surface area (Å²) in [5.74, 6) is 0.307. The Hall–Kier alpha value is -5.32. The van der Waals surface area contributed by atoms with Gasteiger partial charge in [-0.25, -0.2) is 10.1 Å². The third-order valence-corrected chi connectivity index (χ3v) is 5.41. The average molecular weight is 495 g/mol. The number of nitrogens with two attached hydrogens (primary N) is 1. The summed E-state index contributed by atoms with van der Waals surface area (Å²) >= 11 is 0. The van der Waals surface area contributed by atoms with Crippen molar-refractivity contribution in [2.24, 2.45) is 5.10 Å². The second-order valence-corrected chi connectivity index (χ2v) is 8.08. The van der Waals surface area contributed by atoms with Crippen molar-refractivity contribution in [1.29, 1.82) is 0 Å². The molecular formula is C26H22N8O3. The first kappa shape index (κ1) is 23.4. The number of hydrogen-bond acceptors (Lipinski definition) is 9. The summed E-state index contributed by atoms with van der Waals surface area (Å²) in [7, 11) is 0. The van der Waals surface area contributed by atoms with Crippen LogP contribution in [0.3, 0.4) is 0 Å². The summed E-state index contributed by atoms with van der Waals surface area (Å²) in [6, 6.07) is 24.8. The fraction of sp³-hybridized carbons (Fsp3) is 0.0769. The maximum absolute atomic E-state index is 13.0. The van der Waals surface area contributed by atoms with E-state index in [1.807, 2.05) is 85.8 Å². The van der Waals surface area contributed by atoms with Gasteiger partial charge in [0.15, 0.2) is 5.69 Å². The first-order valence-corrected chi connectivity index (χ1v) is 11.3. The number of carbonyl (C=O) groups excluding carboxylic acids is 1. The minimum absolute atomic E-state index is 0.0134. The van der Waals surface area contributed by atoms with Crippen molar-refractivity contribution in [3.63, 3.8) is 0 Å². The van der Waals surface area contributed by atoms with Gasteiger partial charge < -0.3 is 10.5 Å². The van der Waals surface area contributed by atoms with Crippen molar-refractivity contribution in [3.05, 3.63) is 101 Å². The first-order valence-electron chi connectivity index (χ1n) is 11.3. The summed E-state index contributed by atoms with van der Waals surface area (Å²) in [5.41, 5.74) is 12.3. The minimum Gasteiger partial charge on any atom is -0.489 e. The average Bonchev–Trinajstić information content (AvgIpc) is 3.55. The Labute approximate surface area is 211 Å². The third-order valence-electron chi connectivity index (χ3n) is 5.41. The first-order chi connectivity index (χ1) is 18.1. The summed E-state index contributed by atoms with van der Waals surface area (Å²) in [6.07, 6.45) is 1.52. The van der Waals surface area contributed by atoms with E-state index >= 15 is 0 Å². The third kappa shape index (κ3) is 5.35. The van der Waals surface area contributed by atoms with Gasteiger partial charge in [-0.3, -0.25) is 4.79 Å². The second kappa shape index (κ2) is 10.5. The quantitative estimate of drug-likeness (QED) is 0.246. The Bertz CT molecular complexity index is 1520. The number of hydrogen-bond donors (Lipinski definition) is 2. The Morgan fingerprint density at radius 3 is 2.51 bits per heavy atom. The predicted octanol–water partition coefficient (Wildman–Crippen LogP) is 3.55. The predicted molar refractivity (Wildman–Crippen MR) is 136 cm³/mol. The van der Waals surface area contributed by atoms with Gasteiger partial charge in [-0.1, -0.05) is 65.4 Å².